The third kappa shape index (κ3) is 4.18. The van der Waals surface area contributed by atoms with Crippen LogP contribution >= 0.6 is 0 Å². The molecule has 0 saturated carbocycles. The Balaban J connectivity index is 1.98. The molecule has 0 spiro atoms. The van der Waals surface area contributed by atoms with Crippen LogP contribution in [0.1, 0.15) is 32.3 Å². The summed E-state index contributed by atoms with van der Waals surface area (Å²) in [5.41, 5.74) is 1.30. The van der Waals surface area contributed by atoms with Crippen LogP contribution in [-0.4, -0.2) is 37.8 Å². The number of hydrogen-bond acceptors (Lipinski definition) is 4. The fourth-order valence-electron chi connectivity index (χ4n) is 2.71. The Bertz CT molecular complexity index is 400. The van der Waals surface area contributed by atoms with E-state index in [9.17, 15) is 0 Å². The second-order valence-electron chi connectivity index (χ2n) is 5.91. The van der Waals surface area contributed by atoms with Gasteiger partial charge >= 0.3 is 0 Å². The third-order valence-electron chi connectivity index (χ3n) is 3.88. The standard InChI is InChI=1S/C16H27N3O/c1-13(2)18-11-15-5-4-8-17-16(15)19-9-6-14(7-10-19)12-20-3/h4-5,8,13-14,18H,6-7,9-12H2,1-3H3. The largest absolute Gasteiger partial charge is 0.384 e. The molecule has 112 valence electrons. The van der Waals surface area contributed by atoms with Crippen LogP contribution in [0.15, 0.2) is 18.3 Å². The van der Waals surface area contributed by atoms with Crippen LogP contribution in [0, 0.1) is 5.92 Å². The molecule has 0 unspecified atom stereocenters. The molecule has 4 heteroatoms. The number of ether oxygens (including phenoxy) is 1. The number of anilines is 1. The summed E-state index contributed by atoms with van der Waals surface area (Å²) in [6.45, 7) is 8.29. The van der Waals surface area contributed by atoms with Gasteiger partial charge in [-0.2, -0.15) is 0 Å². The first-order chi connectivity index (χ1) is 9.70. The lowest BCUT2D eigenvalue weighted by atomic mass is 9.97. The van der Waals surface area contributed by atoms with Gasteiger partial charge in [-0.25, -0.2) is 4.98 Å². The van der Waals surface area contributed by atoms with Crippen LogP contribution in [0.3, 0.4) is 0 Å². The molecule has 0 amide bonds. The molecule has 1 aliphatic heterocycles. The minimum absolute atomic E-state index is 0.496. The second kappa shape index (κ2) is 7.60. The molecule has 1 aliphatic rings. The van der Waals surface area contributed by atoms with E-state index in [-0.39, 0.29) is 0 Å². The lowest BCUT2D eigenvalue weighted by Crippen LogP contribution is -2.36. The first-order valence-corrected chi connectivity index (χ1v) is 7.62. The van der Waals surface area contributed by atoms with Crippen molar-refractivity contribution in [3.05, 3.63) is 23.9 Å². The van der Waals surface area contributed by atoms with E-state index in [1.165, 1.54) is 18.4 Å². The SMILES string of the molecule is COCC1CCN(c2ncccc2CNC(C)C)CC1. The van der Waals surface area contributed by atoms with E-state index in [4.69, 9.17) is 4.74 Å². The van der Waals surface area contributed by atoms with Gasteiger partial charge in [0, 0.05) is 51.2 Å². The smallest absolute Gasteiger partial charge is 0.133 e. The van der Waals surface area contributed by atoms with Crippen molar-refractivity contribution >= 4 is 5.82 Å². The molecular formula is C16H27N3O. The molecule has 4 nitrogen and oxygen atoms in total. The predicted molar refractivity (Wildman–Crippen MR) is 83.0 cm³/mol. The summed E-state index contributed by atoms with van der Waals surface area (Å²) in [5.74, 6) is 1.86. The van der Waals surface area contributed by atoms with E-state index >= 15 is 0 Å². The Hall–Kier alpha value is -1.13. The van der Waals surface area contributed by atoms with Crippen molar-refractivity contribution in [2.45, 2.75) is 39.3 Å². The summed E-state index contributed by atoms with van der Waals surface area (Å²) in [7, 11) is 1.79. The average molecular weight is 277 g/mol. The molecule has 1 saturated heterocycles. The van der Waals surface area contributed by atoms with Crippen molar-refractivity contribution in [2.75, 3.05) is 31.7 Å². The van der Waals surface area contributed by atoms with Crippen LogP contribution in [0.2, 0.25) is 0 Å². The van der Waals surface area contributed by atoms with E-state index in [1.807, 2.05) is 12.3 Å². The maximum atomic E-state index is 5.27. The second-order valence-corrected chi connectivity index (χ2v) is 5.91. The quantitative estimate of drug-likeness (QED) is 0.866. The Kier molecular flexibility index (Phi) is 5.80. The molecule has 0 aromatic carbocycles. The number of piperidine rings is 1. The van der Waals surface area contributed by atoms with Crippen molar-refractivity contribution in [1.29, 1.82) is 0 Å². The molecule has 2 rings (SSSR count). The van der Waals surface area contributed by atoms with Crippen LogP contribution in [-0.2, 0) is 11.3 Å². The minimum atomic E-state index is 0.496. The van der Waals surface area contributed by atoms with Gasteiger partial charge in [0.05, 0.1) is 0 Å². The number of aromatic nitrogens is 1. The molecule has 20 heavy (non-hydrogen) atoms. The Morgan fingerprint density at radius 1 is 1.40 bits per heavy atom. The molecule has 0 aliphatic carbocycles. The maximum absolute atomic E-state index is 5.27. The van der Waals surface area contributed by atoms with E-state index in [1.54, 1.807) is 7.11 Å². The zero-order chi connectivity index (χ0) is 14.4. The zero-order valence-electron chi connectivity index (χ0n) is 12.9. The highest BCUT2D eigenvalue weighted by Crippen LogP contribution is 2.24. The van der Waals surface area contributed by atoms with Crippen molar-refractivity contribution in [3.63, 3.8) is 0 Å². The van der Waals surface area contributed by atoms with Gasteiger partial charge < -0.3 is 15.0 Å². The number of hydrogen-bond donors (Lipinski definition) is 1. The van der Waals surface area contributed by atoms with Gasteiger partial charge in [-0.3, -0.25) is 0 Å². The van der Waals surface area contributed by atoms with Gasteiger partial charge in [-0.15, -0.1) is 0 Å². The van der Waals surface area contributed by atoms with Gasteiger partial charge in [0.1, 0.15) is 5.82 Å². The van der Waals surface area contributed by atoms with Gasteiger partial charge in [0.15, 0.2) is 0 Å². The fraction of sp³-hybridized carbons (Fsp3) is 0.688. The Morgan fingerprint density at radius 2 is 2.15 bits per heavy atom. The monoisotopic (exact) mass is 277 g/mol. The van der Waals surface area contributed by atoms with Crippen LogP contribution < -0.4 is 10.2 Å². The van der Waals surface area contributed by atoms with E-state index in [0.29, 0.717) is 12.0 Å². The Labute approximate surface area is 122 Å². The molecular weight excluding hydrogens is 250 g/mol. The summed E-state index contributed by atoms with van der Waals surface area (Å²) in [4.78, 5) is 7.03. The first-order valence-electron chi connectivity index (χ1n) is 7.62. The first kappa shape index (κ1) is 15.3. The summed E-state index contributed by atoms with van der Waals surface area (Å²) >= 11 is 0. The highest BCUT2D eigenvalue weighted by molar-refractivity contribution is 5.47. The Morgan fingerprint density at radius 3 is 2.80 bits per heavy atom. The molecule has 2 heterocycles. The third-order valence-corrected chi connectivity index (χ3v) is 3.88. The number of nitrogens with zero attached hydrogens (tertiary/aromatic N) is 2. The highest BCUT2D eigenvalue weighted by Gasteiger charge is 2.21. The van der Waals surface area contributed by atoms with Gasteiger partial charge in [0.2, 0.25) is 0 Å². The zero-order valence-corrected chi connectivity index (χ0v) is 12.9. The average Bonchev–Trinajstić information content (AvgIpc) is 2.47. The highest BCUT2D eigenvalue weighted by atomic mass is 16.5. The minimum Gasteiger partial charge on any atom is -0.384 e. The van der Waals surface area contributed by atoms with E-state index in [0.717, 1.165) is 32.1 Å². The van der Waals surface area contributed by atoms with Gasteiger partial charge in [-0.1, -0.05) is 19.9 Å². The summed E-state index contributed by atoms with van der Waals surface area (Å²) in [6, 6.07) is 4.70. The summed E-state index contributed by atoms with van der Waals surface area (Å²) < 4.78 is 5.27. The summed E-state index contributed by atoms with van der Waals surface area (Å²) in [5, 5.41) is 3.48. The molecule has 0 atom stereocenters. The number of methoxy groups -OCH3 is 1. The molecule has 1 aromatic heterocycles. The lowest BCUT2D eigenvalue weighted by molar-refractivity contribution is 0.139. The topological polar surface area (TPSA) is 37.4 Å². The van der Waals surface area contributed by atoms with Crippen LogP contribution in [0.25, 0.3) is 0 Å². The van der Waals surface area contributed by atoms with E-state index < -0.39 is 0 Å². The lowest BCUT2D eigenvalue weighted by Gasteiger charge is -2.33. The molecule has 1 N–H and O–H groups in total. The number of pyridine rings is 1. The van der Waals surface area contributed by atoms with Crippen molar-refractivity contribution < 1.29 is 4.74 Å². The maximum Gasteiger partial charge on any atom is 0.133 e. The fourth-order valence-corrected chi connectivity index (χ4v) is 2.71. The van der Waals surface area contributed by atoms with Crippen molar-refractivity contribution in [2.24, 2.45) is 5.92 Å². The molecule has 1 fully saturated rings. The van der Waals surface area contributed by atoms with Crippen LogP contribution in [0.4, 0.5) is 5.82 Å². The van der Waals surface area contributed by atoms with Gasteiger partial charge in [0.25, 0.3) is 0 Å². The number of rotatable bonds is 6. The molecule has 1 aromatic rings. The van der Waals surface area contributed by atoms with Crippen molar-refractivity contribution in [3.8, 4) is 0 Å². The summed E-state index contributed by atoms with van der Waals surface area (Å²) in [6.07, 6.45) is 4.29. The van der Waals surface area contributed by atoms with E-state index in [2.05, 4.69) is 35.1 Å². The normalized spacial score (nSPS) is 16.9. The van der Waals surface area contributed by atoms with Crippen LogP contribution in [0.5, 0.6) is 0 Å². The molecule has 0 bridgehead atoms. The molecule has 0 radical (unpaired) electrons. The number of nitrogens with one attached hydrogen (secondary N) is 1. The predicted octanol–water partition coefficient (Wildman–Crippen LogP) is 2.44. The van der Waals surface area contributed by atoms with Gasteiger partial charge in [-0.05, 0) is 24.8 Å². The van der Waals surface area contributed by atoms with Crippen molar-refractivity contribution in [1.82, 2.24) is 10.3 Å².